The van der Waals surface area contributed by atoms with Crippen molar-refractivity contribution in [1.82, 2.24) is 9.55 Å². The van der Waals surface area contributed by atoms with E-state index in [1.54, 1.807) is 41.2 Å². The van der Waals surface area contributed by atoms with Crippen LogP contribution >= 0.6 is 0 Å². The number of rotatable bonds is 9. The number of methoxy groups -OCH3 is 2. The van der Waals surface area contributed by atoms with Gasteiger partial charge in [0.1, 0.15) is 11.5 Å². The molecule has 5 aromatic rings. The maximum Gasteiger partial charge on any atom is 0.335 e. The van der Waals surface area contributed by atoms with E-state index in [4.69, 9.17) is 14.2 Å². The van der Waals surface area contributed by atoms with Crippen molar-refractivity contribution in [2.75, 3.05) is 20.8 Å². The van der Waals surface area contributed by atoms with Gasteiger partial charge in [-0.1, -0.05) is 26.0 Å². The number of phenols is 1. The molecule has 2 heterocycles. The third-order valence-electron chi connectivity index (χ3n) is 7.04. The number of benzene rings is 3. The van der Waals surface area contributed by atoms with Crippen LogP contribution < -0.4 is 14.2 Å². The van der Waals surface area contributed by atoms with Gasteiger partial charge in [0.2, 0.25) is 0 Å². The molecule has 0 aliphatic carbocycles. The molecule has 0 atom stereocenters. The number of carbonyl (C=O) groups is 1. The van der Waals surface area contributed by atoms with Crippen molar-refractivity contribution < 1.29 is 38.0 Å². The van der Waals surface area contributed by atoms with Crippen LogP contribution in [0.4, 0.5) is 8.78 Å². The third kappa shape index (κ3) is 5.07. The predicted molar refractivity (Wildman–Crippen MR) is 153 cm³/mol. The molecule has 0 saturated carbocycles. The average Bonchev–Trinajstić information content (AvgIpc) is 3.35. The Morgan fingerprint density at radius 2 is 1.62 bits per heavy atom. The molecule has 8 nitrogen and oxygen atoms in total. The molecule has 0 bridgehead atoms. The van der Waals surface area contributed by atoms with Crippen molar-refractivity contribution in [1.29, 1.82) is 0 Å². The van der Waals surface area contributed by atoms with Crippen molar-refractivity contribution in [2.24, 2.45) is 0 Å². The number of carboxylic acids is 1. The van der Waals surface area contributed by atoms with Crippen LogP contribution in [0.1, 0.15) is 29.9 Å². The van der Waals surface area contributed by atoms with Crippen molar-refractivity contribution in [3.8, 4) is 39.8 Å². The molecule has 5 rings (SSSR count). The van der Waals surface area contributed by atoms with Crippen LogP contribution in [-0.4, -0.2) is 46.6 Å². The Labute approximate surface area is 240 Å². The number of carboxylic acid groups (broad SMARTS) is 1. The Hall–Kier alpha value is -5.12. The van der Waals surface area contributed by atoms with Gasteiger partial charge in [-0.15, -0.1) is 0 Å². The highest BCUT2D eigenvalue weighted by Crippen LogP contribution is 2.47. The van der Waals surface area contributed by atoms with Gasteiger partial charge in [-0.05, 0) is 42.0 Å². The van der Waals surface area contributed by atoms with E-state index in [1.165, 1.54) is 44.6 Å². The fraction of sp³-hybridized carbons (Fsp3) is 0.188. The normalized spacial score (nSPS) is 11.5. The monoisotopic (exact) mass is 574 g/mol. The summed E-state index contributed by atoms with van der Waals surface area (Å²) in [5.41, 5.74) is 1.72. The maximum atomic E-state index is 14.9. The first-order chi connectivity index (χ1) is 20.1. The number of aromatic hydroxyl groups is 1. The van der Waals surface area contributed by atoms with Gasteiger partial charge < -0.3 is 29.0 Å². The summed E-state index contributed by atoms with van der Waals surface area (Å²) in [6, 6.07) is 14.8. The molecule has 10 heteroatoms. The van der Waals surface area contributed by atoms with Crippen LogP contribution in [0.3, 0.4) is 0 Å². The quantitative estimate of drug-likeness (QED) is 0.201. The second kappa shape index (κ2) is 11.0. The van der Waals surface area contributed by atoms with Gasteiger partial charge in [0.25, 0.3) is 0 Å². The molecular weight excluding hydrogens is 546 g/mol. The lowest BCUT2D eigenvalue weighted by Gasteiger charge is -2.29. The van der Waals surface area contributed by atoms with Crippen LogP contribution in [0.2, 0.25) is 0 Å². The summed E-state index contributed by atoms with van der Waals surface area (Å²) in [6.07, 6.45) is 3.10. The van der Waals surface area contributed by atoms with Gasteiger partial charge in [-0.25, -0.2) is 13.6 Å². The third-order valence-corrected chi connectivity index (χ3v) is 7.04. The number of nitrogens with zero attached hydrogens (tertiary/aromatic N) is 2. The Balaban J connectivity index is 1.81. The van der Waals surface area contributed by atoms with Crippen molar-refractivity contribution in [2.45, 2.75) is 19.3 Å². The van der Waals surface area contributed by atoms with Gasteiger partial charge in [-0.3, -0.25) is 4.98 Å². The van der Waals surface area contributed by atoms with Crippen LogP contribution in [0.5, 0.6) is 23.0 Å². The Morgan fingerprint density at radius 1 is 0.929 bits per heavy atom. The van der Waals surface area contributed by atoms with E-state index in [0.29, 0.717) is 39.5 Å². The highest BCUT2D eigenvalue weighted by atomic mass is 19.1. The van der Waals surface area contributed by atoms with Crippen molar-refractivity contribution in [3.63, 3.8) is 0 Å². The molecule has 2 aromatic heterocycles. The fourth-order valence-electron chi connectivity index (χ4n) is 5.02. The number of aromatic nitrogens is 2. The minimum Gasteiger partial charge on any atom is -0.504 e. The SMILES string of the molecule is COc1cncc(OCC(C)(C)c2c(-c3ccc(C(=O)O)cc3)c3c(O)c(F)ccc3n2-c2ccc(F)c(OC)c2)c1. The number of fused-ring (bicyclic) bond motifs is 1. The number of halogens is 2. The lowest BCUT2D eigenvalue weighted by molar-refractivity contribution is 0.0697. The molecule has 0 amide bonds. The second-order valence-corrected chi connectivity index (χ2v) is 10.3. The number of phenolic OH excluding ortho intramolecular Hbond substituents is 1. The maximum absolute atomic E-state index is 14.9. The van der Waals surface area contributed by atoms with E-state index >= 15 is 0 Å². The molecule has 0 spiro atoms. The number of hydrogen-bond acceptors (Lipinski definition) is 6. The van der Waals surface area contributed by atoms with Crippen LogP contribution in [0.15, 0.2) is 73.1 Å². The molecule has 0 aliphatic rings. The summed E-state index contributed by atoms with van der Waals surface area (Å²) in [5, 5.41) is 20.7. The van der Waals surface area contributed by atoms with Gasteiger partial charge in [0.05, 0.1) is 49.7 Å². The average molecular weight is 575 g/mol. The number of hydrogen-bond donors (Lipinski definition) is 2. The standard InChI is InChI=1S/C32H28F2N2O6/c1-32(2,17-42-22-14-21(40-3)15-35-16-22)30-27(18-5-7-19(8-6-18)31(38)39)28-25(12-11-24(34)29(28)37)36(30)20-9-10-23(33)26(13-20)41-4/h5-16,37H,17H2,1-4H3,(H,38,39). The zero-order chi connectivity index (χ0) is 30.2. The lowest BCUT2D eigenvalue weighted by Crippen LogP contribution is -2.29. The number of pyridine rings is 1. The zero-order valence-electron chi connectivity index (χ0n) is 23.3. The van der Waals surface area contributed by atoms with Crippen molar-refractivity contribution in [3.05, 3.63) is 95.9 Å². The topological polar surface area (TPSA) is 103 Å². The summed E-state index contributed by atoms with van der Waals surface area (Å²) >= 11 is 0. The summed E-state index contributed by atoms with van der Waals surface area (Å²) in [6.45, 7) is 3.92. The Bertz CT molecular complexity index is 1800. The van der Waals surface area contributed by atoms with Gasteiger partial charge >= 0.3 is 5.97 Å². The predicted octanol–water partition coefficient (Wildman–Crippen LogP) is 6.75. The highest BCUT2D eigenvalue weighted by Gasteiger charge is 2.34. The molecule has 0 fully saturated rings. The molecule has 0 unspecified atom stereocenters. The Morgan fingerprint density at radius 3 is 2.29 bits per heavy atom. The van der Waals surface area contributed by atoms with Crippen LogP contribution in [0, 0.1) is 11.6 Å². The minimum atomic E-state index is -1.10. The second-order valence-electron chi connectivity index (χ2n) is 10.3. The number of aromatic carboxylic acids is 1. The zero-order valence-corrected chi connectivity index (χ0v) is 23.3. The smallest absolute Gasteiger partial charge is 0.335 e. The molecule has 0 radical (unpaired) electrons. The first-order valence-corrected chi connectivity index (χ1v) is 12.9. The van der Waals surface area contributed by atoms with Gasteiger partial charge in [-0.2, -0.15) is 0 Å². The van der Waals surface area contributed by atoms with Gasteiger partial charge in [0, 0.05) is 34.5 Å². The van der Waals surface area contributed by atoms with Gasteiger partial charge in [0.15, 0.2) is 23.1 Å². The minimum absolute atomic E-state index is 0.00416. The summed E-state index contributed by atoms with van der Waals surface area (Å²) in [4.78, 5) is 15.7. The first kappa shape index (κ1) is 28.4. The van der Waals surface area contributed by atoms with E-state index in [0.717, 1.165) is 6.07 Å². The molecule has 3 aromatic carbocycles. The van der Waals surface area contributed by atoms with Crippen LogP contribution in [-0.2, 0) is 5.41 Å². The lowest BCUT2D eigenvalue weighted by atomic mass is 9.84. The van der Waals surface area contributed by atoms with E-state index in [9.17, 15) is 23.8 Å². The summed E-state index contributed by atoms with van der Waals surface area (Å²) in [5.74, 6) is -2.11. The largest absolute Gasteiger partial charge is 0.504 e. The number of ether oxygens (including phenoxy) is 3. The van der Waals surface area contributed by atoms with E-state index in [-0.39, 0.29) is 23.3 Å². The molecular formula is C32H28F2N2O6. The summed E-state index contributed by atoms with van der Waals surface area (Å²) < 4.78 is 47.9. The van der Waals surface area contributed by atoms with E-state index < -0.39 is 28.8 Å². The molecule has 216 valence electrons. The first-order valence-electron chi connectivity index (χ1n) is 12.9. The summed E-state index contributed by atoms with van der Waals surface area (Å²) in [7, 11) is 2.88. The molecule has 0 aliphatic heterocycles. The highest BCUT2D eigenvalue weighted by molar-refractivity contribution is 6.04. The van der Waals surface area contributed by atoms with E-state index in [1.807, 2.05) is 13.8 Å². The fourth-order valence-corrected chi connectivity index (χ4v) is 5.02. The van der Waals surface area contributed by atoms with E-state index in [2.05, 4.69) is 4.98 Å². The molecule has 42 heavy (non-hydrogen) atoms. The Kier molecular flexibility index (Phi) is 7.47. The van der Waals surface area contributed by atoms with Crippen molar-refractivity contribution >= 4 is 16.9 Å². The van der Waals surface area contributed by atoms with Crippen LogP contribution in [0.25, 0.3) is 27.7 Å². The molecule has 2 N–H and O–H groups in total. The molecule has 0 saturated heterocycles.